The van der Waals surface area contributed by atoms with E-state index < -0.39 is 5.60 Å². The van der Waals surface area contributed by atoms with Gasteiger partial charge < -0.3 is 14.9 Å². The Morgan fingerprint density at radius 1 is 1.38 bits per heavy atom. The van der Waals surface area contributed by atoms with Gasteiger partial charge in [-0.25, -0.2) is 0 Å². The van der Waals surface area contributed by atoms with E-state index in [9.17, 15) is 9.90 Å². The Kier molecular flexibility index (Phi) is 5.33. The number of aliphatic hydroxyl groups is 1. The maximum atomic E-state index is 11.9. The summed E-state index contributed by atoms with van der Waals surface area (Å²) in [6.07, 6.45) is 5.31. The maximum Gasteiger partial charge on any atom is 0.228 e. The van der Waals surface area contributed by atoms with Crippen molar-refractivity contribution in [1.82, 2.24) is 15.5 Å². The van der Waals surface area contributed by atoms with E-state index in [0.29, 0.717) is 24.7 Å². The molecule has 1 aliphatic carbocycles. The lowest BCUT2D eigenvalue weighted by atomic mass is 9.82. The van der Waals surface area contributed by atoms with E-state index in [2.05, 4.69) is 15.5 Å². The lowest BCUT2D eigenvalue weighted by Crippen LogP contribution is -2.38. The Balaban J connectivity index is 1.71. The first-order valence-corrected chi connectivity index (χ1v) is 7.80. The molecule has 0 aliphatic heterocycles. The van der Waals surface area contributed by atoms with Crippen LogP contribution in [-0.2, 0) is 11.2 Å². The van der Waals surface area contributed by atoms with E-state index in [1.165, 1.54) is 0 Å². The average molecular weight is 295 g/mol. The van der Waals surface area contributed by atoms with E-state index in [4.69, 9.17) is 4.52 Å². The molecule has 0 unspecified atom stereocenters. The molecular weight excluding hydrogens is 270 g/mol. The maximum absolute atomic E-state index is 11.9. The summed E-state index contributed by atoms with van der Waals surface area (Å²) >= 11 is 0. The minimum absolute atomic E-state index is 0.108. The second-order valence-electron chi connectivity index (χ2n) is 6.26. The van der Waals surface area contributed by atoms with Crippen LogP contribution in [0.25, 0.3) is 0 Å². The van der Waals surface area contributed by atoms with Gasteiger partial charge in [-0.1, -0.05) is 38.3 Å². The first-order chi connectivity index (χ1) is 9.98. The molecule has 0 spiro atoms. The normalized spacial score (nSPS) is 17.9. The van der Waals surface area contributed by atoms with Crippen LogP contribution in [0.2, 0.25) is 0 Å². The standard InChI is InChI=1S/C15H25N3O3/c1-11(2)14-17-13(21-18-14)6-9-16-12(19)10-15(20)7-4-3-5-8-15/h11,20H,3-10H2,1-2H3,(H,16,19). The molecule has 21 heavy (non-hydrogen) atoms. The molecule has 1 fully saturated rings. The fourth-order valence-electron chi connectivity index (χ4n) is 2.66. The summed E-state index contributed by atoms with van der Waals surface area (Å²) < 4.78 is 5.12. The fraction of sp³-hybridized carbons (Fsp3) is 0.800. The average Bonchev–Trinajstić information content (AvgIpc) is 2.88. The van der Waals surface area contributed by atoms with Crippen LogP contribution in [0.5, 0.6) is 0 Å². The molecule has 0 saturated heterocycles. The van der Waals surface area contributed by atoms with Gasteiger partial charge >= 0.3 is 0 Å². The van der Waals surface area contributed by atoms with Crippen LogP contribution in [0.15, 0.2) is 4.52 Å². The van der Waals surface area contributed by atoms with Gasteiger partial charge in [-0.3, -0.25) is 4.79 Å². The highest BCUT2D eigenvalue weighted by Gasteiger charge is 2.31. The number of nitrogens with one attached hydrogen (secondary N) is 1. The van der Waals surface area contributed by atoms with Crippen LogP contribution >= 0.6 is 0 Å². The van der Waals surface area contributed by atoms with Crippen molar-refractivity contribution in [1.29, 1.82) is 0 Å². The quantitative estimate of drug-likeness (QED) is 0.837. The molecule has 118 valence electrons. The zero-order valence-corrected chi connectivity index (χ0v) is 12.9. The number of hydrogen-bond acceptors (Lipinski definition) is 5. The zero-order chi connectivity index (χ0) is 15.3. The van der Waals surface area contributed by atoms with Crippen molar-refractivity contribution < 1.29 is 14.4 Å². The molecule has 2 N–H and O–H groups in total. The summed E-state index contributed by atoms with van der Waals surface area (Å²) in [7, 11) is 0. The number of aromatic nitrogens is 2. The van der Waals surface area contributed by atoms with Crippen LogP contribution in [0.4, 0.5) is 0 Å². The Morgan fingerprint density at radius 2 is 2.10 bits per heavy atom. The van der Waals surface area contributed by atoms with Gasteiger partial charge in [0.05, 0.1) is 12.0 Å². The van der Waals surface area contributed by atoms with Crippen molar-refractivity contribution in [3.63, 3.8) is 0 Å². The van der Waals surface area contributed by atoms with E-state index in [0.717, 1.165) is 32.1 Å². The molecule has 1 aromatic heterocycles. The Hall–Kier alpha value is -1.43. The van der Waals surface area contributed by atoms with Gasteiger partial charge in [0.25, 0.3) is 0 Å². The van der Waals surface area contributed by atoms with Crippen LogP contribution in [0.1, 0.15) is 70.0 Å². The monoisotopic (exact) mass is 295 g/mol. The Labute approximate surface area is 125 Å². The number of rotatable bonds is 6. The van der Waals surface area contributed by atoms with Crippen molar-refractivity contribution >= 4 is 5.91 Å². The molecule has 1 aliphatic rings. The third kappa shape index (κ3) is 4.81. The molecule has 0 bridgehead atoms. The second-order valence-corrected chi connectivity index (χ2v) is 6.26. The van der Waals surface area contributed by atoms with Gasteiger partial charge in [0.15, 0.2) is 5.82 Å². The summed E-state index contributed by atoms with van der Waals surface area (Å²) in [6.45, 7) is 4.46. The summed E-state index contributed by atoms with van der Waals surface area (Å²) in [5, 5.41) is 17.0. The molecule has 1 amide bonds. The number of amides is 1. The molecular formula is C15H25N3O3. The molecule has 1 aromatic rings. The minimum atomic E-state index is -0.808. The molecule has 2 rings (SSSR count). The molecule has 6 heteroatoms. The Morgan fingerprint density at radius 3 is 2.71 bits per heavy atom. The first kappa shape index (κ1) is 15.9. The Bertz CT molecular complexity index is 464. The van der Waals surface area contributed by atoms with Gasteiger partial charge in [-0.2, -0.15) is 4.98 Å². The summed E-state index contributed by atoms with van der Waals surface area (Å²) in [5.41, 5.74) is -0.808. The topological polar surface area (TPSA) is 88.2 Å². The summed E-state index contributed by atoms with van der Waals surface area (Å²) in [4.78, 5) is 16.1. The minimum Gasteiger partial charge on any atom is -0.389 e. The van der Waals surface area contributed by atoms with Crippen molar-refractivity contribution in [2.24, 2.45) is 0 Å². The summed E-state index contributed by atoms with van der Waals surface area (Å²) in [5.74, 6) is 1.35. The van der Waals surface area contributed by atoms with Crippen LogP contribution in [-0.4, -0.2) is 33.3 Å². The predicted octanol–water partition coefficient (Wildman–Crippen LogP) is 1.94. The van der Waals surface area contributed by atoms with Crippen molar-refractivity contribution in [2.45, 2.75) is 70.3 Å². The van der Waals surface area contributed by atoms with E-state index in [1.54, 1.807) is 0 Å². The molecule has 1 saturated carbocycles. The van der Waals surface area contributed by atoms with Gasteiger partial charge in [0, 0.05) is 18.9 Å². The molecule has 0 radical (unpaired) electrons. The molecule has 0 aromatic carbocycles. The van der Waals surface area contributed by atoms with E-state index in [1.807, 2.05) is 13.8 Å². The highest BCUT2D eigenvalue weighted by atomic mass is 16.5. The first-order valence-electron chi connectivity index (χ1n) is 7.80. The number of carbonyl (C=O) groups excluding carboxylic acids is 1. The van der Waals surface area contributed by atoms with Crippen LogP contribution in [0, 0.1) is 0 Å². The fourth-order valence-corrected chi connectivity index (χ4v) is 2.66. The van der Waals surface area contributed by atoms with Gasteiger partial charge in [-0.15, -0.1) is 0 Å². The highest BCUT2D eigenvalue weighted by molar-refractivity contribution is 5.77. The number of carbonyl (C=O) groups is 1. The van der Waals surface area contributed by atoms with Crippen LogP contribution in [0.3, 0.4) is 0 Å². The smallest absolute Gasteiger partial charge is 0.228 e. The largest absolute Gasteiger partial charge is 0.389 e. The van der Waals surface area contributed by atoms with E-state index >= 15 is 0 Å². The third-order valence-electron chi connectivity index (χ3n) is 3.94. The molecule has 1 heterocycles. The van der Waals surface area contributed by atoms with Gasteiger partial charge in [0.2, 0.25) is 11.8 Å². The highest BCUT2D eigenvalue weighted by Crippen LogP contribution is 2.30. The lowest BCUT2D eigenvalue weighted by molar-refractivity contribution is -0.127. The van der Waals surface area contributed by atoms with Crippen LogP contribution < -0.4 is 5.32 Å². The van der Waals surface area contributed by atoms with E-state index in [-0.39, 0.29) is 18.2 Å². The van der Waals surface area contributed by atoms with Gasteiger partial charge in [0.1, 0.15) is 0 Å². The van der Waals surface area contributed by atoms with Crippen molar-refractivity contribution in [2.75, 3.05) is 6.54 Å². The van der Waals surface area contributed by atoms with Gasteiger partial charge in [-0.05, 0) is 12.8 Å². The second kappa shape index (κ2) is 7.02. The number of nitrogens with zero attached hydrogens (tertiary/aromatic N) is 2. The third-order valence-corrected chi connectivity index (χ3v) is 3.94. The van der Waals surface area contributed by atoms with Crippen molar-refractivity contribution in [3.05, 3.63) is 11.7 Å². The zero-order valence-electron chi connectivity index (χ0n) is 12.9. The molecule has 0 atom stereocenters. The SMILES string of the molecule is CC(C)c1noc(CCNC(=O)CC2(O)CCCCC2)n1. The number of hydrogen-bond donors (Lipinski definition) is 2. The molecule has 6 nitrogen and oxygen atoms in total. The lowest BCUT2D eigenvalue weighted by Gasteiger charge is -2.31. The van der Waals surface area contributed by atoms with Crippen molar-refractivity contribution in [3.8, 4) is 0 Å². The summed E-state index contributed by atoms with van der Waals surface area (Å²) in [6, 6.07) is 0. The predicted molar refractivity (Wildman–Crippen MR) is 77.8 cm³/mol.